The Labute approximate surface area is 80.6 Å². The van der Waals surface area contributed by atoms with E-state index >= 15 is 0 Å². The molecule has 70 valence electrons. The molecule has 0 unspecified atom stereocenters. The van der Waals surface area contributed by atoms with Gasteiger partial charge in [0.15, 0.2) is 0 Å². The minimum absolute atomic E-state index is 0.418. The van der Waals surface area contributed by atoms with E-state index in [1.54, 1.807) is 6.07 Å². The van der Waals surface area contributed by atoms with Crippen LogP contribution in [0.3, 0.4) is 0 Å². The van der Waals surface area contributed by atoms with Crippen LogP contribution in [0, 0.1) is 0 Å². The van der Waals surface area contributed by atoms with Gasteiger partial charge in [0, 0.05) is 6.07 Å². The topological polar surface area (TPSA) is 39.4 Å². The van der Waals surface area contributed by atoms with Gasteiger partial charge in [-0.05, 0) is 12.1 Å². The predicted octanol–water partition coefficient (Wildman–Crippen LogP) is 2.43. The Kier molecular flexibility index (Phi) is 2.32. The summed E-state index contributed by atoms with van der Waals surface area (Å²) in [7, 11) is 0. The quantitative estimate of drug-likeness (QED) is 0.726. The maximum atomic E-state index is 10.8. The Morgan fingerprint density at radius 3 is 2.50 bits per heavy atom. The van der Waals surface area contributed by atoms with Crippen LogP contribution in [0.4, 0.5) is 0 Å². The molecule has 0 spiro atoms. The number of ether oxygens (including phenoxy) is 1. The van der Waals surface area contributed by atoms with E-state index in [2.05, 4.69) is 4.42 Å². The molecule has 3 nitrogen and oxygen atoms in total. The van der Waals surface area contributed by atoms with Crippen LogP contribution in [-0.4, -0.2) is 0 Å². The zero-order chi connectivity index (χ0) is 9.80. The monoisotopic (exact) mass is 188 g/mol. The van der Waals surface area contributed by atoms with Crippen LogP contribution in [0.2, 0.25) is 0 Å². The number of para-hydroxylation sites is 1. The summed E-state index contributed by atoms with van der Waals surface area (Å²) in [4.78, 5) is 10.8. The van der Waals surface area contributed by atoms with E-state index in [4.69, 9.17) is 4.74 Å². The molecule has 0 saturated carbocycles. The fourth-order valence-electron chi connectivity index (χ4n) is 1.05. The molecule has 0 N–H and O–H groups in total. The van der Waals surface area contributed by atoms with Gasteiger partial charge in [-0.3, -0.25) is 0 Å². The standard InChI is InChI=1S/C11H8O3/c12-11-8-10(6-7-13-11)14-9-4-2-1-3-5-9/h1-8H. The molecular formula is C11H8O3. The van der Waals surface area contributed by atoms with E-state index in [1.807, 2.05) is 30.3 Å². The summed E-state index contributed by atoms with van der Waals surface area (Å²) < 4.78 is 9.97. The zero-order valence-corrected chi connectivity index (χ0v) is 7.34. The van der Waals surface area contributed by atoms with Gasteiger partial charge < -0.3 is 9.15 Å². The van der Waals surface area contributed by atoms with Crippen molar-refractivity contribution in [3.05, 3.63) is 59.1 Å². The Morgan fingerprint density at radius 2 is 1.79 bits per heavy atom. The largest absolute Gasteiger partial charge is 0.457 e. The second kappa shape index (κ2) is 3.79. The minimum atomic E-state index is -0.418. The number of hydrogen-bond donors (Lipinski definition) is 0. The summed E-state index contributed by atoms with van der Waals surface area (Å²) >= 11 is 0. The van der Waals surface area contributed by atoms with E-state index in [0.29, 0.717) is 11.5 Å². The Morgan fingerprint density at radius 1 is 1.00 bits per heavy atom. The molecule has 0 aliphatic rings. The van der Waals surface area contributed by atoms with Crippen molar-refractivity contribution in [2.45, 2.75) is 0 Å². The summed E-state index contributed by atoms with van der Waals surface area (Å²) in [6.45, 7) is 0. The highest BCUT2D eigenvalue weighted by Gasteiger charge is 1.96. The molecule has 1 heterocycles. The first-order valence-corrected chi connectivity index (χ1v) is 4.16. The third kappa shape index (κ3) is 2.01. The average molecular weight is 188 g/mol. The van der Waals surface area contributed by atoms with Crippen molar-refractivity contribution in [1.29, 1.82) is 0 Å². The van der Waals surface area contributed by atoms with Gasteiger partial charge in [0.05, 0.1) is 12.3 Å². The van der Waals surface area contributed by atoms with Crippen molar-refractivity contribution in [3.8, 4) is 11.5 Å². The van der Waals surface area contributed by atoms with Crippen LogP contribution in [-0.2, 0) is 0 Å². The van der Waals surface area contributed by atoms with Gasteiger partial charge >= 0.3 is 5.63 Å². The smallest absolute Gasteiger partial charge is 0.339 e. The van der Waals surface area contributed by atoms with Gasteiger partial charge in [0.1, 0.15) is 11.5 Å². The maximum Gasteiger partial charge on any atom is 0.339 e. The van der Waals surface area contributed by atoms with Crippen LogP contribution in [0.1, 0.15) is 0 Å². The molecule has 0 aliphatic carbocycles. The third-order valence-corrected chi connectivity index (χ3v) is 1.66. The van der Waals surface area contributed by atoms with Crippen molar-refractivity contribution in [2.75, 3.05) is 0 Å². The lowest BCUT2D eigenvalue weighted by Crippen LogP contribution is -1.95. The molecule has 2 aromatic rings. The highest BCUT2D eigenvalue weighted by molar-refractivity contribution is 5.28. The van der Waals surface area contributed by atoms with Crippen LogP contribution in [0.25, 0.3) is 0 Å². The molecule has 3 heteroatoms. The molecule has 0 radical (unpaired) electrons. The lowest BCUT2D eigenvalue weighted by atomic mass is 10.3. The molecule has 0 atom stereocenters. The normalized spacial score (nSPS) is 9.71. The van der Waals surface area contributed by atoms with Gasteiger partial charge in [-0.2, -0.15) is 0 Å². The van der Waals surface area contributed by atoms with E-state index < -0.39 is 5.63 Å². The first-order valence-electron chi connectivity index (χ1n) is 4.16. The molecule has 0 aliphatic heterocycles. The van der Waals surface area contributed by atoms with Crippen molar-refractivity contribution in [3.63, 3.8) is 0 Å². The molecule has 0 saturated heterocycles. The van der Waals surface area contributed by atoms with Gasteiger partial charge in [-0.15, -0.1) is 0 Å². The lowest BCUT2D eigenvalue weighted by molar-refractivity contribution is 0.454. The Bertz CT molecular complexity index is 459. The van der Waals surface area contributed by atoms with Crippen molar-refractivity contribution in [2.24, 2.45) is 0 Å². The summed E-state index contributed by atoms with van der Waals surface area (Å²) in [5.41, 5.74) is -0.418. The van der Waals surface area contributed by atoms with E-state index in [-0.39, 0.29) is 0 Å². The molecule has 0 amide bonds. The van der Waals surface area contributed by atoms with Gasteiger partial charge in [-0.25, -0.2) is 4.79 Å². The highest BCUT2D eigenvalue weighted by Crippen LogP contribution is 2.18. The predicted molar refractivity (Wildman–Crippen MR) is 51.5 cm³/mol. The molecule has 1 aromatic carbocycles. The van der Waals surface area contributed by atoms with Crippen molar-refractivity contribution >= 4 is 0 Å². The second-order valence-electron chi connectivity index (χ2n) is 2.70. The van der Waals surface area contributed by atoms with Crippen LogP contribution in [0.5, 0.6) is 11.5 Å². The Balaban J connectivity index is 2.24. The maximum absolute atomic E-state index is 10.8. The highest BCUT2D eigenvalue weighted by atomic mass is 16.5. The van der Waals surface area contributed by atoms with Crippen LogP contribution < -0.4 is 10.4 Å². The van der Waals surface area contributed by atoms with Gasteiger partial charge in [0.25, 0.3) is 0 Å². The SMILES string of the molecule is O=c1cc(Oc2ccccc2)cco1. The molecule has 1 aromatic heterocycles. The molecular weight excluding hydrogens is 180 g/mol. The van der Waals surface area contributed by atoms with E-state index in [9.17, 15) is 4.79 Å². The molecule has 14 heavy (non-hydrogen) atoms. The van der Waals surface area contributed by atoms with E-state index in [0.717, 1.165) is 0 Å². The van der Waals surface area contributed by atoms with Gasteiger partial charge in [-0.1, -0.05) is 18.2 Å². The first-order chi connectivity index (χ1) is 6.84. The lowest BCUT2D eigenvalue weighted by Gasteiger charge is -2.02. The van der Waals surface area contributed by atoms with Crippen LogP contribution >= 0.6 is 0 Å². The average Bonchev–Trinajstić information content (AvgIpc) is 2.19. The minimum Gasteiger partial charge on any atom is -0.457 e. The summed E-state index contributed by atoms with van der Waals surface area (Å²) in [6, 6.07) is 12.1. The molecule has 0 bridgehead atoms. The number of rotatable bonds is 2. The fraction of sp³-hybridized carbons (Fsp3) is 0. The number of benzene rings is 1. The van der Waals surface area contributed by atoms with Gasteiger partial charge in [0.2, 0.25) is 0 Å². The van der Waals surface area contributed by atoms with Crippen molar-refractivity contribution < 1.29 is 9.15 Å². The Hall–Kier alpha value is -2.03. The summed E-state index contributed by atoms with van der Waals surface area (Å²) in [6.07, 6.45) is 1.31. The third-order valence-electron chi connectivity index (χ3n) is 1.66. The van der Waals surface area contributed by atoms with Crippen LogP contribution in [0.15, 0.2) is 57.9 Å². The molecule has 0 fully saturated rings. The molecule has 2 rings (SSSR count). The first kappa shape index (κ1) is 8.56. The zero-order valence-electron chi connectivity index (χ0n) is 7.34. The second-order valence-corrected chi connectivity index (χ2v) is 2.70. The summed E-state index contributed by atoms with van der Waals surface area (Å²) in [5, 5.41) is 0. The summed E-state index contributed by atoms with van der Waals surface area (Å²) in [5.74, 6) is 1.17. The number of hydrogen-bond acceptors (Lipinski definition) is 3. The fourth-order valence-corrected chi connectivity index (χ4v) is 1.05. The van der Waals surface area contributed by atoms with E-state index in [1.165, 1.54) is 12.3 Å². The van der Waals surface area contributed by atoms with Crippen molar-refractivity contribution in [1.82, 2.24) is 0 Å².